The first-order valence-electron chi connectivity index (χ1n) is 6.50. The molecule has 2 aromatic rings. The smallest absolute Gasteiger partial charge is 0.307 e. The first kappa shape index (κ1) is 16.6. The maximum Gasteiger partial charge on any atom is 0.307 e. The number of carbonyl (C=O) groups is 1. The zero-order chi connectivity index (χ0) is 17.0. The summed E-state index contributed by atoms with van der Waals surface area (Å²) in [5, 5.41) is 29.4. The van der Waals surface area contributed by atoms with Gasteiger partial charge in [-0.25, -0.2) is 0 Å². The number of nitro benzene ring substituents is 1. The summed E-state index contributed by atoms with van der Waals surface area (Å²) in [7, 11) is 0. The number of nitro groups is 1. The lowest BCUT2D eigenvalue weighted by Gasteiger charge is -2.12. The Morgan fingerprint density at radius 2 is 1.96 bits per heavy atom. The highest BCUT2D eigenvalue weighted by molar-refractivity contribution is 7.79. The molecule has 0 unspecified atom stereocenters. The zero-order valence-electron chi connectivity index (χ0n) is 11.8. The molecule has 2 N–H and O–H groups in total. The summed E-state index contributed by atoms with van der Waals surface area (Å²) >= 11 is 4.11. The number of carboxylic acid groups (broad SMARTS) is 1. The fourth-order valence-electron chi connectivity index (χ4n) is 1.95. The molecular formula is C15H13NO6S. The van der Waals surface area contributed by atoms with E-state index in [-0.39, 0.29) is 29.4 Å². The summed E-state index contributed by atoms with van der Waals surface area (Å²) < 4.78 is 5.57. The van der Waals surface area contributed by atoms with Crippen molar-refractivity contribution in [1.29, 1.82) is 0 Å². The number of rotatable bonds is 6. The van der Waals surface area contributed by atoms with Crippen LogP contribution in [0.2, 0.25) is 0 Å². The van der Waals surface area contributed by atoms with E-state index < -0.39 is 10.9 Å². The van der Waals surface area contributed by atoms with E-state index in [1.54, 1.807) is 0 Å². The van der Waals surface area contributed by atoms with Crippen molar-refractivity contribution in [3.05, 3.63) is 57.6 Å². The maximum absolute atomic E-state index is 10.8. The molecule has 0 saturated heterocycles. The molecule has 0 bridgehead atoms. The van der Waals surface area contributed by atoms with Gasteiger partial charge in [0.05, 0.1) is 11.3 Å². The summed E-state index contributed by atoms with van der Waals surface area (Å²) in [6.07, 6.45) is -0.212. The van der Waals surface area contributed by atoms with Crippen molar-refractivity contribution >= 4 is 24.3 Å². The molecule has 0 spiro atoms. The Kier molecular flexibility index (Phi) is 5.07. The Bertz CT molecular complexity index is 762. The molecule has 2 aromatic carbocycles. The minimum absolute atomic E-state index is 0.0700. The van der Waals surface area contributed by atoms with Crippen molar-refractivity contribution in [1.82, 2.24) is 0 Å². The van der Waals surface area contributed by atoms with Gasteiger partial charge in [-0.1, -0.05) is 6.07 Å². The monoisotopic (exact) mass is 335 g/mol. The Balaban J connectivity index is 2.34. The summed E-state index contributed by atoms with van der Waals surface area (Å²) in [5.41, 5.74) is 0.843. The van der Waals surface area contributed by atoms with Crippen LogP contribution in [-0.4, -0.2) is 21.1 Å². The molecule has 8 heteroatoms. The molecule has 0 aliphatic rings. The van der Waals surface area contributed by atoms with Gasteiger partial charge in [0.15, 0.2) is 11.5 Å². The molecule has 0 fully saturated rings. The molecule has 23 heavy (non-hydrogen) atoms. The SMILES string of the molecule is O=C(O)Cc1ccc(O)c(Oc2ccc([N+](=O)[O-])cc2CS)c1. The molecule has 0 radical (unpaired) electrons. The van der Waals surface area contributed by atoms with Crippen LogP contribution in [0, 0.1) is 10.1 Å². The van der Waals surface area contributed by atoms with Gasteiger partial charge in [0.25, 0.3) is 5.69 Å². The molecular weight excluding hydrogens is 322 g/mol. The van der Waals surface area contributed by atoms with E-state index >= 15 is 0 Å². The average Bonchev–Trinajstić information content (AvgIpc) is 2.50. The van der Waals surface area contributed by atoms with E-state index in [4.69, 9.17) is 9.84 Å². The lowest BCUT2D eigenvalue weighted by atomic mass is 10.1. The van der Waals surface area contributed by atoms with Gasteiger partial charge >= 0.3 is 5.97 Å². The molecule has 0 aliphatic carbocycles. The van der Waals surface area contributed by atoms with Gasteiger partial charge in [0, 0.05) is 23.4 Å². The van der Waals surface area contributed by atoms with Crippen LogP contribution < -0.4 is 4.74 Å². The Labute approximate surface area is 136 Å². The minimum atomic E-state index is -1.01. The summed E-state index contributed by atoms with van der Waals surface area (Å²) in [5.74, 6) is -0.600. The largest absolute Gasteiger partial charge is 0.504 e. The lowest BCUT2D eigenvalue weighted by Crippen LogP contribution is -2.00. The molecule has 0 heterocycles. The quantitative estimate of drug-likeness (QED) is 0.425. The van der Waals surface area contributed by atoms with Crippen LogP contribution >= 0.6 is 12.6 Å². The molecule has 0 aromatic heterocycles. The van der Waals surface area contributed by atoms with Crippen LogP contribution in [0.1, 0.15) is 11.1 Å². The van der Waals surface area contributed by atoms with Crippen molar-refractivity contribution in [2.24, 2.45) is 0 Å². The first-order valence-corrected chi connectivity index (χ1v) is 7.13. The van der Waals surface area contributed by atoms with Crippen molar-refractivity contribution in [3.63, 3.8) is 0 Å². The second-order valence-corrected chi connectivity index (χ2v) is 5.00. The predicted octanol–water partition coefficient (Wildman–Crippen LogP) is 3.15. The molecule has 0 atom stereocenters. The van der Waals surface area contributed by atoms with Gasteiger partial charge in [-0.3, -0.25) is 14.9 Å². The number of thiol groups is 1. The highest BCUT2D eigenvalue weighted by Crippen LogP contribution is 2.35. The second kappa shape index (κ2) is 7.01. The van der Waals surface area contributed by atoms with Crippen molar-refractivity contribution in [3.8, 4) is 17.2 Å². The number of non-ortho nitro benzene ring substituents is 1. The van der Waals surface area contributed by atoms with Crippen LogP contribution in [-0.2, 0) is 17.0 Å². The van der Waals surface area contributed by atoms with Gasteiger partial charge in [-0.05, 0) is 23.8 Å². The van der Waals surface area contributed by atoms with Crippen molar-refractivity contribution < 1.29 is 24.7 Å². The number of carboxylic acids is 1. The lowest BCUT2D eigenvalue weighted by molar-refractivity contribution is -0.384. The third-order valence-electron chi connectivity index (χ3n) is 3.02. The molecule has 7 nitrogen and oxygen atoms in total. The highest BCUT2D eigenvalue weighted by Gasteiger charge is 2.14. The third-order valence-corrected chi connectivity index (χ3v) is 3.37. The number of nitrogens with zero attached hydrogens (tertiary/aromatic N) is 1. The van der Waals surface area contributed by atoms with Crippen LogP contribution in [0.25, 0.3) is 0 Å². The molecule has 120 valence electrons. The van der Waals surface area contributed by atoms with E-state index in [0.717, 1.165) is 0 Å². The van der Waals surface area contributed by atoms with E-state index in [0.29, 0.717) is 16.9 Å². The number of aliphatic carboxylic acids is 1. The van der Waals surface area contributed by atoms with Gasteiger partial charge in [0.2, 0.25) is 0 Å². The van der Waals surface area contributed by atoms with Crippen molar-refractivity contribution in [2.75, 3.05) is 0 Å². The molecule has 0 aliphatic heterocycles. The van der Waals surface area contributed by atoms with E-state index in [1.165, 1.54) is 36.4 Å². The Hall–Kier alpha value is -2.74. The number of ether oxygens (including phenoxy) is 1. The van der Waals surface area contributed by atoms with Crippen LogP contribution in [0.4, 0.5) is 5.69 Å². The summed E-state index contributed by atoms with van der Waals surface area (Å²) in [6.45, 7) is 0. The molecule has 0 saturated carbocycles. The van der Waals surface area contributed by atoms with Crippen LogP contribution in [0.3, 0.4) is 0 Å². The van der Waals surface area contributed by atoms with E-state index in [2.05, 4.69) is 12.6 Å². The number of benzene rings is 2. The summed E-state index contributed by atoms with van der Waals surface area (Å²) in [6, 6.07) is 8.24. The Morgan fingerprint density at radius 3 is 2.57 bits per heavy atom. The molecule has 0 amide bonds. The Morgan fingerprint density at radius 1 is 1.22 bits per heavy atom. The number of phenolic OH excluding ortho intramolecular Hbond substituents is 1. The van der Waals surface area contributed by atoms with Crippen molar-refractivity contribution in [2.45, 2.75) is 12.2 Å². The number of aromatic hydroxyl groups is 1. The maximum atomic E-state index is 10.8. The number of hydrogen-bond donors (Lipinski definition) is 3. The van der Waals surface area contributed by atoms with Gasteiger partial charge in [0.1, 0.15) is 5.75 Å². The van der Waals surface area contributed by atoms with Crippen LogP contribution in [0.5, 0.6) is 17.2 Å². The van der Waals surface area contributed by atoms with E-state index in [1.807, 2.05) is 0 Å². The number of phenols is 1. The zero-order valence-corrected chi connectivity index (χ0v) is 12.7. The number of hydrogen-bond acceptors (Lipinski definition) is 6. The van der Waals surface area contributed by atoms with E-state index in [9.17, 15) is 20.0 Å². The summed E-state index contributed by atoms with van der Waals surface area (Å²) in [4.78, 5) is 21.0. The topological polar surface area (TPSA) is 110 Å². The fourth-order valence-corrected chi connectivity index (χ4v) is 2.19. The first-order chi connectivity index (χ1) is 10.9. The standard InChI is InChI=1S/C15H13NO6S/c17-12-3-1-9(6-15(18)19)5-14(12)22-13-4-2-11(16(20)21)7-10(13)8-23/h1-5,7,17,23H,6,8H2,(H,18,19). The third kappa shape index (κ3) is 4.13. The molecule has 2 rings (SSSR count). The minimum Gasteiger partial charge on any atom is -0.504 e. The van der Waals surface area contributed by atoms with Gasteiger partial charge in [-0.15, -0.1) is 0 Å². The average molecular weight is 335 g/mol. The predicted molar refractivity (Wildman–Crippen MR) is 85.3 cm³/mol. The van der Waals surface area contributed by atoms with Crippen LogP contribution in [0.15, 0.2) is 36.4 Å². The van der Waals surface area contributed by atoms with Gasteiger partial charge in [-0.2, -0.15) is 12.6 Å². The second-order valence-electron chi connectivity index (χ2n) is 4.68. The van der Waals surface area contributed by atoms with Gasteiger partial charge < -0.3 is 14.9 Å². The highest BCUT2D eigenvalue weighted by atomic mass is 32.1. The normalized spacial score (nSPS) is 10.3. The fraction of sp³-hybridized carbons (Fsp3) is 0.133.